The summed E-state index contributed by atoms with van der Waals surface area (Å²) in [6.07, 6.45) is 0. The molecular formula is C8H14N2O2. The van der Waals surface area contributed by atoms with Crippen LogP contribution in [-0.4, -0.2) is 14.8 Å². The van der Waals surface area contributed by atoms with Crippen LogP contribution in [0.25, 0.3) is 0 Å². The second-order valence-corrected chi connectivity index (χ2v) is 3.79. The molecule has 0 spiro atoms. The second kappa shape index (κ2) is 2.33. The zero-order valence-electron chi connectivity index (χ0n) is 7.50. The summed E-state index contributed by atoms with van der Waals surface area (Å²) >= 11 is 0. The van der Waals surface area contributed by atoms with Crippen LogP contribution in [0, 0.1) is 0 Å². The van der Waals surface area contributed by atoms with E-state index in [-0.39, 0.29) is 23.0 Å². The average Bonchev–Trinajstić information content (AvgIpc) is 2.05. The number of nitrogen functional groups attached to an aromatic ring is 1. The van der Waals surface area contributed by atoms with Gasteiger partial charge in [-0.25, -0.2) is 0 Å². The van der Waals surface area contributed by atoms with E-state index in [2.05, 4.69) is 0 Å². The number of aromatic nitrogens is 1. The third kappa shape index (κ3) is 1.20. The first-order chi connectivity index (χ1) is 5.34. The van der Waals surface area contributed by atoms with E-state index in [0.29, 0.717) is 0 Å². The van der Waals surface area contributed by atoms with Crippen molar-refractivity contribution < 1.29 is 10.2 Å². The molecule has 0 bridgehead atoms. The number of hydrogen-bond acceptors (Lipinski definition) is 3. The highest BCUT2D eigenvalue weighted by atomic mass is 16.3. The topological polar surface area (TPSA) is 71.4 Å². The molecule has 68 valence electrons. The van der Waals surface area contributed by atoms with Crippen LogP contribution in [0.5, 0.6) is 11.8 Å². The Balaban J connectivity index is 3.32. The third-order valence-electron chi connectivity index (χ3n) is 1.65. The number of nitrogens with zero attached hydrogens (tertiary/aromatic N) is 1. The maximum atomic E-state index is 9.43. The van der Waals surface area contributed by atoms with Gasteiger partial charge in [0.25, 0.3) is 0 Å². The Kier molecular flexibility index (Phi) is 1.71. The smallest absolute Gasteiger partial charge is 0.218 e. The monoisotopic (exact) mass is 170 g/mol. The molecular weight excluding hydrogens is 156 g/mol. The number of anilines is 1. The molecule has 0 aliphatic heterocycles. The summed E-state index contributed by atoms with van der Waals surface area (Å²) in [5.74, 6) is -0.0995. The molecule has 12 heavy (non-hydrogen) atoms. The zero-order valence-corrected chi connectivity index (χ0v) is 7.50. The Morgan fingerprint density at radius 1 is 1.33 bits per heavy atom. The van der Waals surface area contributed by atoms with Gasteiger partial charge in [0.15, 0.2) is 5.88 Å². The molecule has 0 saturated heterocycles. The molecule has 4 heteroatoms. The first-order valence-corrected chi connectivity index (χ1v) is 3.73. The molecule has 0 fully saturated rings. The second-order valence-electron chi connectivity index (χ2n) is 3.79. The van der Waals surface area contributed by atoms with Crippen molar-refractivity contribution in [3.8, 4) is 11.8 Å². The maximum Gasteiger partial charge on any atom is 0.218 e. The first kappa shape index (κ1) is 8.77. The molecule has 0 atom stereocenters. The minimum Gasteiger partial charge on any atom is -0.494 e. The number of rotatable bonds is 0. The minimum absolute atomic E-state index is 0.0162. The molecule has 0 aliphatic carbocycles. The Morgan fingerprint density at radius 3 is 2.00 bits per heavy atom. The van der Waals surface area contributed by atoms with Gasteiger partial charge in [-0.3, -0.25) is 4.57 Å². The summed E-state index contributed by atoms with van der Waals surface area (Å²) < 4.78 is 1.38. The van der Waals surface area contributed by atoms with Gasteiger partial charge in [0.1, 0.15) is 0 Å². The van der Waals surface area contributed by atoms with Gasteiger partial charge in [-0.05, 0) is 20.8 Å². The summed E-state index contributed by atoms with van der Waals surface area (Å²) in [7, 11) is 0. The van der Waals surface area contributed by atoms with Crippen LogP contribution in [0.4, 0.5) is 5.69 Å². The lowest BCUT2D eigenvalue weighted by atomic mass is 10.1. The summed E-state index contributed by atoms with van der Waals surface area (Å²) in [5, 5.41) is 18.8. The van der Waals surface area contributed by atoms with Gasteiger partial charge in [0.2, 0.25) is 5.88 Å². The Morgan fingerprint density at radius 2 is 1.83 bits per heavy atom. The van der Waals surface area contributed by atoms with Gasteiger partial charge in [-0.15, -0.1) is 0 Å². The van der Waals surface area contributed by atoms with Crippen LogP contribution < -0.4 is 5.73 Å². The van der Waals surface area contributed by atoms with Crippen LogP contribution >= 0.6 is 0 Å². The van der Waals surface area contributed by atoms with E-state index in [0.717, 1.165) is 0 Å². The number of aromatic hydroxyl groups is 2. The molecule has 1 aromatic rings. The van der Waals surface area contributed by atoms with Gasteiger partial charge in [-0.1, -0.05) is 0 Å². The van der Waals surface area contributed by atoms with Gasteiger partial charge in [-0.2, -0.15) is 0 Å². The lowest BCUT2D eigenvalue weighted by molar-refractivity contribution is 0.285. The van der Waals surface area contributed by atoms with Crippen LogP contribution in [0.2, 0.25) is 0 Å². The van der Waals surface area contributed by atoms with E-state index < -0.39 is 0 Å². The van der Waals surface area contributed by atoms with E-state index in [9.17, 15) is 10.2 Å². The Labute approximate surface area is 71.2 Å². The first-order valence-electron chi connectivity index (χ1n) is 3.73. The average molecular weight is 170 g/mol. The van der Waals surface area contributed by atoms with Gasteiger partial charge >= 0.3 is 0 Å². The fourth-order valence-electron chi connectivity index (χ4n) is 1.17. The standard InChI is InChI=1S/C8H14N2O2/c1-8(2,3)10-6(11)4-5(9)7(10)12/h4,11-12H,9H2,1-3H3. The van der Waals surface area contributed by atoms with Crippen LogP contribution in [0.3, 0.4) is 0 Å². The van der Waals surface area contributed by atoms with E-state index in [1.54, 1.807) is 0 Å². The molecule has 0 aliphatic rings. The van der Waals surface area contributed by atoms with Crippen molar-refractivity contribution in [2.24, 2.45) is 0 Å². The normalized spacial score (nSPS) is 11.9. The largest absolute Gasteiger partial charge is 0.494 e. The minimum atomic E-state index is -0.369. The van der Waals surface area contributed by atoms with Gasteiger partial charge < -0.3 is 15.9 Å². The SMILES string of the molecule is CC(C)(C)n1c(O)cc(N)c1O. The van der Waals surface area contributed by atoms with Crippen molar-refractivity contribution in [2.45, 2.75) is 26.3 Å². The molecule has 1 rings (SSSR count). The van der Waals surface area contributed by atoms with Crippen molar-refractivity contribution in [1.82, 2.24) is 4.57 Å². The summed E-state index contributed by atoms with van der Waals surface area (Å²) in [6, 6.07) is 1.33. The van der Waals surface area contributed by atoms with Crippen molar-refractivity contribution in [3.05, 3.63) is 6.07 Å². The van der Waals surface area contributed by atoms with Crippen LogP contribution in [-0.2, 0) is 5.54 Å². The molecule has 1 aromatic heterocycles. The molecule has 4 N–H and O–H groups in total. The van der Waals surface area contributed by atoms with Crippen LogP contribution in [0.1, 0.15) is 20.8 Å². The molecule has 4 nitrogen and oxygen atoms in total. The quantitative estimate of drug-likeness (QED) is 0.548. The Bertz CT molecular complexity index is 297. The van der Waals surface area contributed by atoms with E-state index >= 15 is 0 Å². The highest BCUT2D eigenvalue weighted by Crippen LogP contribution is 2.35. The zero-order chi connectivity index (χ0) is 9.52. The number of hydrogen-bond donors (Lipinski definition) is 3. The summed E-state index contributed by atoms with van der Waals surface area (Å²) in [6.45, 7) is 5.60. The number of nitrogens with two attached hydrogens (primary N) is 1. The van der Waals surface area contributed by atoms with Crippen molar-refractivity contribution in [1.29, 1.82) is 0 Å². The van der Waals surface area contributed by atoms with Crippen molar-refractivity contribution in [3.63, 3.8) is 0 Å². The highest BCUT2D eigenvalue weighted by molar-refractivity contribution is 5.53. The van der Waals surface area contributed by atoms with E-state index in [1.165, 1.54) is 10.6 Å². The van der Waals surface area contributed by atoms with E-state index in [4.69, 9.17) is 5.73 Å². The molecule has 1 heterocycles. The third-order valence-corrected chi connectivity index (χ3v) is 1.65. The van der Waals surface area contributed by atoms with Crippen LogP contribution in [0.15, 0.2) is 6.07 Å². The molecule has 0 unspecified atom stereocenters. The molecule has 0 radical (unpaired) electrons. The predicted molar refractivity (Wildman–Crippen MR) is 47.2 cm³/mol. The maximum absolute atomic E-state index is 9.43. The predicted octanol–water partition coefficient (Wildman–Crippen LogP) is 1.24. The fourth-order valence-corrected chi connectivity index (χ4v) is 1.17. The summed E-state index contributed by atoms with van der Waals surface area (Å²) in [5.41, 5.74) is 5.23. The Hall–Kier alpha value is -1.32. The lowest BCUT2D eigenvalue weighted by Crippen LogP contribution is -2.20. The lowest BCUT2D eigenvalue weighted by Gasteiger charge is -2.22. The van der Waals surface area contributed by atoms with Crippen molar-refractivity contribution >= 4 is 5.69 Å². The fraction of sp³-hybridized carbons (Fsp3) is 0.500. The summed E-state index contributed by atoms with van der Waals surface area (Å²) in [4.78, 5) is 0. The molecule has 0 aromatic carbocycles. The van der Waals surface area contributed by atoms with E-state index in [1.807, 2.05) is 20.8 Å². The van der Waals surface area contributed by atoms with Crippen molar-refractivity contribution in [2.75, 3.05) is 5.73 Å². The molecule has 0 saturated carbocycles. The van der Waals surface area contributed by atoms with Gasteiger partial charge in [0.05, 0.1) is 5.69 Å². The highest BCUT2D eigenvalue weighted by Gasteiger charge is 2.22. The molecule has 0 amide bonds. The van der Waals surface area contributed by atoms with Gasteiger partial charge in [0, 0.05) is 11.6 Å².